The molecule has 1 N–H and O–H groups in total. The summed E-state index contributed by atoms with van der Waals surface area (Å²) in [5, 5.41) is 13.4. The summed E-state index contributed by atoms with van der Waals surface area (Å²) in [6.07, 6.45) is 0.741. The van der Waals surface area contributed by atoms with Crippen molar-refractivity contribution in [2.75, 3.05) is 18.0 Å². The van der Waals surface area contributed by atoms with Crippen molar-refractivity contribution in [3.8, 4) is 0 Å². The number of carbonyl (C=O) groups is 1. The van der Waals surface area contributed by atoms with Crippen LogP contribution in [0, 0.1) is 10.1 Å². The molecule has 2 amide bonds. The molecule has 0 unspecified atom stereocenters. The van der Waals surface area contributed by atoms with Crippen molar-refractivity contribution in [2.24, 2.45) is 0 Å². The van der Waals surface area contributed by atoms with Gasteiger partial charge in [0.2, 0.25) is 0 Å². The Morgan fingerprint density at radius 2 is 2.35 bits per heavy atom. The van der Waals surface area contributed by atoms with Crippen molar-refractivity contribution < 1.29 is 9.72 Å². The number of urea groups is 1. The molecule has 1 aliphatic heterocycles. The molecule has 17 heavy (non-hydrogen) atoms. The SMILES string of the molecule is CCNC(=O)N1CCc2ccc([N+](=O)[O-])cc21. The zero-order valence-electron chi connectivity index (χ0n) is 9.47. The highest BCUT2D eigenvalue weighted by Crippen LogP contribution is 2.31. The standard InChI is InChI=1S/C11H13N3O3/c1-2-12-11(15)13-6-5-8-3-4-9(14(16)17)7-10(8)13/h3-4,7H,2,5-6H2,1H3,(H,12,15). The van der Waals surface area contributed by atoms with Gasteiger partial charge in [0.15, 0.2) is 0 Å². The molecule has 2 rings (SSSR count). The topological polar surface area (TPSA) is 75.5 Å². The third kappa shape index (κ3) is 2.06. The highest BCUT2D eigenvalue weighted by atomic mass is 16.6. The van der Waals surface area contributed by atoms with Gasteiger partial charge in [-0.2, -0.15) is 0 Å². The minimum Gasteiger partial charge on any atom is -0.338 e. The zero-order valence-corrected chi connectivity index (χ0v) is 9.47. The molecule has 0 radical (unpaired) electrons. The van der Waals surface area contributed by atoms with Crippen LogP contribution in [0.3, 0.4) is 0 Å². The quantitative estimate of drug-likeness (QED) is 0.626. The number of hydrogen-bond acceptors (Lipinski definition) is 3. The molecule has 6 heteroatoms. The number of rotatable bonds is 2. The fourth-order valence-electron chi connectivity index (χ4n) is 1.94. The van der Waals surface area contributed by atoms with E-state index in [1.54, 1.807) is 11.0 Å². The highest BCUT2D eigenvalue weighted by molar-refractivity contribution is 5.94. The van der Waals surface area contributed by atoms with E-state index in [9.17, 15) is 14.9 Å². The molecule has 0 fully saturated rings. The summed E-state index contributed by atoms with van der Waals surface area (Å²) in [6, 6.07) is 4.44. The number of nitro benzene ring substituents is 1. The second kappa shape index (κ2) is 4.40. The lowest BCUT2D eigenvalue weighted by atomic mass is 10.1. The van der Waals surface area contributed by atoms with Crippen molar-refractivity contribution in [3.63, 3.8) is 0 Å². The number of fused-ring (bicyclic) bond motifs is 1. The van der Waals surface area contributed by atoms with E-state index in [4.69, 9.17) is 0 Å². The number of benzene rings is 1. The minimum atomic E-state index is -0.450. The van der Waals surface area contributed by atoms with E-state index in [0.717, 1.165) is 12.0 Å². The molecular weight excluding hydrogens is 222 g/mol. The van der Waals surface area contributed by atoms with Crippen LogP contribution in [0.1, 0.15) is 12.5 Å². The first-order chi connectivity index (χ1) is 8.13. The lowest BCUT2D eigenvalue weighted by Gasteiger charge is -2.17. The van der Waals surface area contributed by atoms with Gasteiger partial charge in [-0.25, -0.2) is 4.79 Å². The van der Waals surface area contributed by atoms with Crippen LogP contribution in [0.15, 0.2) is 18.2 Å². The van der Waals surface area contributed by atoms with E-state index < -0.39 is 4.92 Å². The fraction of sp³-hybridized carbons (Fsp3) is 0.364. The molecule has 90 valence electrons. The normalized spacial score (nSPS) is 13.4. The smallest absolute Gasteiger partial charge is 0.321 e. The van der Waals surface area contributed by atoms with Crippen LogP contribution in [-0.2, 0) is 6.42 Å². The lowest BCUT2D eigenvalue weighted by molar-refractivity contribution is -0.384. The predicted molar refractivity (Wildman–Crippen MR) is 63.2 cm³/mol. The summed E-state index contributed by atoms with van der Waals surface area (Å²) in [4.78, 5) is 23.5. The van der Waals surface area contributed by atoms with Gasteiger partial charge < -0.3 is 5.32 Å². The predicted octanol–water partition coefficient (Wildman–Crippen LogP) is 1.69. The summed E-state index contributed by atoms with van der Waals surface area (Å²) < 4.78 is 0. The van der Waals surface area contributed by atoms with Gasteiger partial charge in [-0.15, -0.1) is 0 Å². The maximum Gasteiger partial charge on any atom is 0.321 e. The van der Waals surface area contributed by atoms with Crippen molar-refractivity contribution >= 4 is 17.4 Å². The van der Waals surface area contributed by atoms with Gasteiger partial charge in [-0.3, -0.25) is 15.0 Å². The number of amides is 2. The summed E-state index contributed by atoms with van der Waals surface area (Å²) >= 11 is 0. The van der Waals surface area contributed by atoms with E-state index in [1.165, 1.54) is 12.1 Å². The first-order valence-electron chi connectivity index (χ1n) is 5.46. The van der Waals surface area contributed by atoms with E-state index in [0.29, 0.717) is 18.8 Å². The molecule has 0 bridgehead atoms. The zero-order chi connectivity index (χ0) is 12.4. The molecule has 6 nitrogen and oxygen atoms in total. The van der Waals surface area contributed by atoms with Gasteiger partial charge in [-0.1, -0.05) is 6.07 Å². The van der Waals surface area contributed by atoms with Gasteiger partial charge in [0.1, 0.15) is 0 Å². The Kier molecular flexibility index (Phi) is 2.95. The van der Waals surface area contributed by atoms with E-state index >= 15 is 0 Å². The maximum absolute atomic E-state index is 11.7. The number of nitro groups is 1. The summed E-state index contributed by atoms with van der Waals surface area (Å²) in [7, 11) is 0. The Labute approximate surface area is 98.4 Å². The first-order valence-corrected chi connectivity index (χ1v) is 5.46. The average molecular weight is 235 g/mol. The lowest BCUT2D eigenvalue weighted by Crippen LogP contribution is -2.38. The molecule has 0 atom stereocenters. The molecule has 1 aliphatic rings. The van der Waals surface area contributed by atoms with Crippen molar-refractivity contribution in [1.29, 1.82) is 0 Å². The van der Waals surface area contributed by atoms with Crippen molar-refractivity contribution in [3.05, 3.63) is 33.9 Å². The molecule has 1 heterocycles. The molecule has 0 spiro atoms. The third-order valence-corrected chi connectivity index (χ3v) is 2.75. The van der Waals surface area contributed by atoms with E-state index in [1.807, 2.05) is 6.92 Å². The number of nitrogens with zero attached hydrogens (tertiary/aromatic N) is 2. The van der Waals surface area contributed by atoms with Crippen LogP contribution in [-0.4, -0.2) is 24.0 Å². The summed E-state index contributed by atoms with van der Waals surface area (Å²) in [5.74, 6) is 0. The van der Waals surface area contributed by atoms with Crippen LogP contribution < -0.4 is 10.2 Å². The average Bonchev–Trinajstić information content (AvgIpc) is 2.71. The summed E-state index contributed by atoms with van der Waals surface area (Å²) in [5.41, 5.74) is 1.63. The minimum absolute atomic E-state index is 0.0138. The molecular formula is C11H13N3O3. The van der Waals surface area contributed by atoms with Crippen LogP contribution in [0.2, 0.25) is 0 Å². The van der Waals surface area contributed by atoms with Gasteiger partial charge in [0.25, 0.3) is 5.69 Å². The maximum atomic E-state index is 11.7. The molecule has 0 saturated carbocycles. The van der Waals surface area contributed by atoms with Gasteiger partial charge in [0, 0.05) is 25.2 Å². The van der Waals surface area contributed by atoms with Gasteiger partial charge in [-0.05, 0) is 18.9 Å². The van der Waals surface area contributed by atoms with Crippen LogP contribution >= 0.6 is 0 Å². The van der Waals surface area contributed by atoms with Gasteiger partial charge in [0.05, 0.1) is 10.6 Å². The molecule has 1 aromatic rings. The monoisotopic (exact) mass is 235 g/mol. The molecule has 0 aromatic heterocycles. The molecule has 0 saturated heterocycles. The first kappa shape index (κ1) is 11.4. The Hall–Kier alpha value is -2.11. The van der Waals surface area contributed by atoms with E-state index in [-0.39, 0.29) is 11.7 Å². The second-order valence-corrected chi connectivity index (χ2v) is 3.81. The van der Waals surface area contributed by atoms with Crippen LogP contribution in [0.5, 0.6) is 0 Å². The Morgan fingerprint density at radius 1 is 1.59 bits per heavy atom. The number of nitrogens with one attached hydrogen (secondary N) is 1. The largest absolute Gasteiger partial charge is 0.338 e. The van der Waals surface area contributed by atoms with Gasteiger partial charge >= 0.3 is 6.03 Å². The Bertz CT molecular complexity index is 473. The molecule has 0 aliphatic carbocycles. The Morgan fingerprint density at radius 3 is 3.00 bits per heavy atom. The molecule has 1 aromatic carbocycles. The number of non-ortho nitro benzene ring substituents is 1. The number of anilines is 1. The second-order valence-electron chi connectivity index (χ2n) is 3.81. The number of hydrogen-bond donors (Lipinski definition) is 1. The van der Waals surface area contributed by atoms with Crippen molar-refractivity contribution in [1.82, 2.24) is 5.32 Å². The van der Waals surface area contributed by atoms with Crippen molar-refractivity contribution in [2.45, 2.75) is 13.3 Å². The fourth-order valence-corrected chi connectivity index (χ4v) is 1.94. The summed E-state index contributed by atoms with van der Waals surface area (Å²) in [6.45, 7) is 2.95. The number of carbonyl (C=O) groups excluding carboxylic acids is 1. The van der Waals surface area contributed by atoms with Crippen LogP contribution in [0.25, 0.3) is 0 Å². The third-order valence-electron chi connectivity index (χ3n) is 2.75. The van der Waals surface area contributed by atoms with Crippen LogP contribution in [0.4, 0.5) is 16.2 Å². The van der Waals surface area contributed by atoms with E-state index in [2.05, 4.69) is 5.32 Å². The Balaban J connectivity index is 2.32. The highest BCUT2D eigenvalue weighted by Gasteiger charge is 2.26.